The molecule has 1 aromatic rings. The highest BCUT2D eigenvalue weighted by atomic mass is 32.1. The first-order valence-electron chi connectivity index (χ1n) is 4.11. The van der Waals surface area contributed by atoms with E-state index in [1.165, 1.54) is 0 Å². The van der Waals surface area contributed by atoms with Gasteiger partial charge < -0.3 is 4.74 Å². The Kier molecular flexibility index (Phi) is 4.13. The molecule has 8 heteroatoms. The van der Waals surface area contributed by atoms with Gasteiger partial charge in [0.05, 0.1) is 4.92 Å². The number of anilines is 1. The largest absolute Gasteiger partial charge is 0.372 e. The number of thiazole rings is 1. The molecule has 0 bridgehead atoms. The maximum absolute atomic E-state index is 11.1. The number of hydrogen-bond donors (Lipinski definition) is 1. The van der Waals surface area contributed by atoms with E-state index in [0.717, 1.165) is 17.5 Å². The molecule has 0 atom stereocenters. The Labute approximate surface area is 89.2 Å². The van der Waals surface area contributed by atoms with Gasteiger partial charge in [-0.2, -0.15) is 0 Å². The van der Waals surface area contributed by atoms with Gasteiger partial charge in [0.1, 0.15) is 12.8 Å². The minimum Gasteiger partial charge on any atom is -0.372 e. The smallest absolute Gasteiger partial charge is 0.345 e. The van der Waals surface area contributed by atoms with Gasteiger partial charge in [-0.1, -0.05) is 0 Å². The Morgan fingerprint density at radius 1 is 1.80 bits per heavy atom. The molecule has 0 aliphatic carbocycles. The van der Waals surface area contributed by atoms with E-state index in [0.29, 0.717) is 6.61 Å². The number of nitrogens with one attached hydrogen (secondary N) is 1. The molecule has 1 amide bonds. The van der Waals surface area contributed by atoms with Crippen molar-refractivity contribution < 1.29 is 14.5 Å². The van der Waals surface area contributed by atoms with E-state index >= 15 is 0 Å². The lowest BCUT2D eigenvalue weighted by Crippen LogP contribution is -2.17. The van der Waals surface area contributed by atoms with Gasteiger partial charge in [-0.3, -0.25) is 20.2 Å². The van der Waals surface area contributed by atoms with Gasteiger partial charge in [-0.15, -0.1) is 0 Å². The average Bonchev–Trinajstić information content (AvgIpc) is 2.63. The van der Waals surface area contributed by atoms with E-state index in [4.69, 9.17) is 4.74 Å². The van der Waals surface area contributed by atoms with Crippen LogP contribution in [0.15, 0.2) is 6.20 Å². The lowest BCUT2D eigenvalue weighted by Gasteiger charge is -1.99. The van der Waals surface area contributed by atoms with Crippen LogP contribution in [0.25, 0.3) is 0 Å². The molecule has 0 fully saturated rings. The predicted molar refractivity (Wildman–Crippen MR) is 53.9 cm³/mol. The molecule has 1 heterocycles. The molecular formula is C7H9N3O4S. The van der Waals surface area contributed by atoms with Crippen molar-refractivity contribution in [3.05, 3.63) is 16.3 Å². The molecular weight excluding hydrogens is 222 g/mol. The molecule has 0 aliphatic heterocycles. The standard InChI is InChI=1S/C7H9N3O4S/c1-2-14-4-5(11)9-7-8-3-6(15-7)10(12)13/h3H,2,4H2,1H3,(H,8,9,11). The number of amides is 1. The maximum Gasteiger partial charge on any atom is 0.345 e. The van der Waals surface area contributed by atoms with Gasteiger partial charge in [-0.05, 0) is 18.3 Å². The lowest BCUT2D eigenvalue weighted by atomic mass is 10.6. The summed E-state index contributed by atoms with van der Waals surface area (Å²) in [6, 6.07) is 0. The van der Waals surface area contributed by atoms with Crippen LogP contribution in [0.5, 0.6) is 0 Å². The lowest BCUT2D eigenvalue weighted by molar-refractivity contribution is -0.380. The van der Waals surface area contributed by atoms with Gasteiger partial charge in [-0.25, -0.2) is 4.98 Å². The fourth-order valence-electron chi connectivity index (χ4n) is 0.758. The van der Waals surface area contributed by atoms with Crippen LogP contribution < -0.4 is 5.32 Å². The highest BCUT2D eigenvalue weighted by Crippen LogP contribution is 2.24. The zero-order chi connectivity index (χ0) is 11.3. The Morgan fingerprint density at radius 2 is 2.53 bits per heavy atom. The molecule has 0 saturated carbocycles. The summed E-state index contributed by atoms with van der Waals surface area (Å²) in [5, 5.41) is 12.8. The second-order valence-corrected chi connectivity index (χ2v) is 3.46. The van der Waals surface area contributed by atoms with Crippen LogP contribution in [0, 0.1) is 10.1 Å². The van der Waals surface area contributed by atoms with Crippen molar-refractivity contribution in [3.8, 4) is 0 Å². The Morgan fingerprint density at radius 3 is 3.07 bits per heavy atom. The normalized spacial score (nSPS) is 9.93. The summed E-state index contributed by atoms with van der Waals surface area (Å²) in [5.41, 5.74) is 0. The van der Waals surface area contributed by atoms with Crippen LogP contribution in [0.2, 0.25) is 0 Å². The highest BCUT2D eigenvalue weighted by Gasteiger charge is 2.12. The summed E-state index contributed by atoms with van der Waals surface area (Å²) < 4.78 is 4.85. The van der Waals surface area contributed by atoms with Crippen molar-refractivity contribution in [1.29, 1.82) is 0 Å². The van der Waals surface area contributed by atoms with Crippen LogP contribution in [-0.4, -0.2) is 29.0 Å². The molecule has 0 unspecified atom stereocenters. The van der Waals surface area contributed by atoms with Gasteiger partial charge in [0.2, 0.25) is 0 Å². The van der Waals surface area contributed by atoms with Gasteiger partial charge in [0, 0.05) is 6.61 Å². The summed E-state index contributed by atoms with van der Waals surface area (Å²) >= 11 is 0.805. The molecule has 0 aromatic carbocycles. The second kappa shape index (κ2) is 5.37. The van der Waals surface area contributed by atoms with Crippen molar-refractivity contribution in [2.75, 3.05) is 18.5 Å². The number of rotatable bonds is 5. The van der Waals surface area contributed by atoms with E-state index in [-0.39, 0.29) is 22.6 Å². The molecule has 7 nitrogen and oxygen atoms in total. The van der Waals surface area contributed by atoms with E-state index in [9.17, 15) is 14.9 Å². The summed E-state index contributed by atoms with van der Waals surface area (Å²) in [7, 11) is 0. The van der Waals surface area contributed by atoms with Crippen LogP contribution in [0.4, 0.5) is 10.1 Å². The highest BCUT2D eigenvalue weighted by molar-refractivity contribution is 7.18. The predicted octanol–water partition coefficient (Wildman–Crippen LogP) is 1.03. The summed E-state index contributed by atoms with van der Waals surface area (Å²) in [6.45, 7) is 2.12. The number of hydrogen-bond acceptors (Lipinski definition) is 6. The maximum atomic E-state index is 11.1. The number of nitrogens with zero attached hydrogens (tertiary/aromatic N) is 2. The van der Waals surface area contributed by atoms with Crippen molar-refractivity contribution in [1.82, 2.24) is 4.98 Å². The quantitative estimate of drug-likeness (QED) is 0.603. The molecule has 1 aromatic heterocycles. The van der Waals surface area contributed by atoms with Gasteiger partial charge >= 0.3 is 5.00 Å². The minimum absolute atomic E-state index is 0.0795. The Balaban J connectivity index is 2.50. The van der Waals surface area contributed by atoms with Crippen LogP contribution >= 0.6 is 11.3 Å². The molecule has 0 saturated heterocycles. The fraction of sp³-hybridized carbons (Fsp3) is 0.429. The molecule has 15 heavy (non-hydrogen) atoms. The van der Waals surface area contributed by atoms with E-state index in [1.54, 1.807) is 6.92 Å². The SMILES string of the molecule is CCOCC(=O)Nc1ncc([N+](=O)[O-])s1. The average molecular weight is 231 g/mol. The molecule has 0 aliphatic rings. The molecule has 0 radical (unpaired) electrons. The van der Waals surface area contributed by atoms with Crippen LogP contribution in [-0.2, 0) is 9.53 Å². The van der Waals surface area contributed by atoms with Crippen LogP contribution in [0.1, 0.15) is 6.92 Å². The number of nitro groups is 1. The zero-order valence-corrected chi connectivity index (χ0v) is 8.74. The third-order valence-corrected chi connectivity index (χ3v) is 2.22. The first-order chi connectivity index (χ1) is 7.13. The number of carbonyl (C=O) groups excluding carboxylic acids is 1. The Bertz CT molecular complexity index is 365. The van der Waals surface area contributed by atoms with Crippen molar-refractivity contribution in [3.63, 3.8) is 0 Å². The van der Waals surface area contributed by atoms with Crippen LogP contribution in [0.3, 0.4) is 0 Å². The van der Waals surface area contributed by atoms with Gasteiger partial charge in [0.15, 0.2) is 5.13 Å². The van der Waals surface area contributed by atoms with E-state index in [2.05, 4.69) is 10.3 Å². The molecule has 1 rings (SSSR count). The Hall–Kier alpha value is -1.54. The van der Waals surface area contributed by atoms with Crippen molar-refractivity contribution in [2.45, 2.75) is 6.92 Å². The number of carbonyl (C=O) groups is 1. The fourth-order valence-corrected chi connectivity index (χ4v) is 1.41. The van der Waals surface area contributed by atoms with E-state index in [1.807, 2.05) is 0 Å². The molecule has 82 valence electrons. The topological polar surface area (TPSA) is 94.4 Å². The van der Waals surface area contributed by atoms with E-state index < -0.39 is 4.92 Å². The molecule has 1 N–H and O–H groups in total. The first-order valence-corrected chi connectivity index (χ1v) is 4.93. The third-order valence-electron chi connectivity index (χ3n) is 1.36. The summed E-state index contributed by atoms with van der Waals surface area (Å²) in [5.74, 6) is -0.374. The van der Waals surface area contributed by atoms with Crippen molar-refractivity contribution in [2.24, 2.45) is 0 Å². The second-order valence-electron chi connectivity index (χ2n) is 2.45. The monoisotopic (exact) mass is 231 g/mol. The zero-order valence-electron chi connectivity index (χ0n) is 7.93. The third kappa shape index (κ3) is 3.60. The number of ether oxygens (including phenoxy) is 1. The van der Waals surface area contributed by atoms with Crippen molar-refractivity contribution >= 4 is 27.4 Å². The summed E-state index contributed by atoms with van der Waals surface area (Å²) in [4.78, 5) is 24.5. The number of aromatic nitrogens is 1. The van der Waals surface area contributed by atoms with Gasteiger partial charge in [0.25, 0.3) is 5.91 Å². The first kappa shape index (κ1) is 11.5. The molecule has 0 spiro atoms. The minimum atomic E-state index is -0.560. The summed E-state index contributed by atoms with van der Waals surface area (Å²) in [6.07, 6.45) is 1.10.